The van der Waals surface area contributed by atoms with Gasteiger partial charge in [0.2, 0.25) is 0 Å². The predicted molar refractivity (Wildman–Crippen MR) is 96.1 cm³/mol. The minimum Gasteiger partial charge on any atom is -0.497 e. The summed E-state index contributed by atoms with van der Waals surface area (Å²) in [5, 5.41) is 0. The molecule has 0 saturated carbocycles. The van der Waals surface area contributed by atoms with Crippen LogP contribution < -0.4 is 4.74 Å². The number of benzene rings is 2. The van der Waals surface area contributed by atoms with E-state index in [1.165, 1.54) is 42.4 Å². The van der Waals surface area contributed by atoms with Crippen LogP contribution in [-0.2, 0) is 0 Å². The maximum absolute atomic E-state index is 5.23. The van der Waals surface area contributed by atoms with Gasteiger partial charge in [-0.25, -0.2) is 0 Å². The molecule has 0 bridgehead atoms. The van der Waals surface area contributed by atoms with E-state index in [1.54, 1.807) is 7.11 Å². The van der Waals surface area contributed by atoms with Gasteiger partial charge in [-0.1, -0.05) is 74.7 Å². The quantitative estimate of drug-likeness (QED) is 0.415. The summed E-state index contributed by atoms with van der Waals surface area (Å²) in [4.78, 5) is 0. The van der Waals surface area contributed by atoms with Crippen molar-refractivity contribution in [3.05, 3.63) is 65.7 Å². The van der Waals surface area contributed by atoms with Gasteiger partial charge in [0.15, 0.2) is 0 Å². The van der Waals surface area contributed by atoms with Crippen molar-refractivity contribution in [1.29, 1.82) is 0 Å². The molecule has 0 spiro atoms. The van der Waals surface area contributed by atoms with Crippen molar-refractivity contribution in [3.63, 3.8) is 0 Å². The van der Waals surface area contributed by atoms with E-state index in [-0.39, 0.29) is 0 Å². The Morgan fingerprint density at radius 2 is 1.64 bits per heavy atom. The SMILES string of the molecule is CCCCCC/C(=C\c1ccc(OC)cc1)c1ccccc1. The van der Waals surface area contributed by atoms with Crippen LogP contribution in [0.5, 0.6) is 5.75 Å². The molecule has 0 N–H and O–H groups in total. The second-order valence-electron chi connectivity index (χ2n) is 5.62. The Balaban J connectivity index is 2.16. The fourth-order valence-corrected chi connectivity index (χ4v) is 2.60. The van der Waals surface area contributed by atoms with Crippen LogP contribution in [0.1, 0.15) is 50.2 Å². The monoisotopic (exact) mass is 294 g/mol. The van der Waals surface area contributed by atoms with Gasteiger partial charge in [0.1, 0.15) is 5.75 Å². The first-order chi connectivity index (χ1) is 10.8. The molecule has 22 heavy (non-hydrogen) atoms. The van der Waals surface area contributed by atoms with Crippen LogP contribution in [0.15, 0.2) is 54.6 Å². The topological polar surface area (TPSA) is 9.23 Å². The molecule has 0 unspecified atom stereocenters. The van der Waals surface area contributed by atoms with Crippen molar-refractivity contribution >= 4 is 11.6 Å². The van der Waals surface area contributed by atoms with Gasteiger partial charge in [-0.15, -0.1) is 0 Å². The highest BCUT2D eigenvalue weighted by Gasteiger charge is 2.02. The van der Waals surface area contributed by atoms with Gasteiger partial charge in [-0.05, 0) is 41.7 Å². The van der Waals surface area contributed by atoms with Gasteiger partial charge in [0.05, 0.1) is 7.11 Å². The van der Waals surface area contributed by atoms with Crippen molar-refractivity contribution in [3.8, 4) is 5.75 Å². The number of allylic oxidation sites excluding steroid dienone is 1. The molecule has 0 radical (unpaired) electrons. The number of unbranched alkanes of at least 4 members (excludes halogenated alkanes) is 3. The summed E-state index contributed by atoms with van der Waals surface area (Å²) in [7, 11) is 1.70. The standard InChI is InChI=1S/C21H26O/c1-3-4-5-7-12-20(19-10-8-6-9-11-19)17-18-13-15-21(22-2)16-14-18/h6,8-11,13-17H,3-5,7,12H2,1-2H3/b20-17+. The van der Waals surface area contributed by atoms with Crippen LogP contribution >= 0.6 is 0 Å². The van der Waals surface area contributed by atoms with E-state index in [0.29, 0.717) is 0 Å². The Bertz CT molecular complexity index is 567. The molecule has 0 aliphatic heterocycles. The van der Waals surface area contributed by atoms with Crippen molar-refractivity contribution in [2.45, 2.75) is 39.0 Å². The van der Waals surface area contributed by atoms with Crippen molar-refractivity contribution in [1.82, 2.24) is 0 Å². The third kappa shape index (κ3) is 5.07. The Labute approximate surface area is 134 Å². The van der Waals surface area contributed by atoms with Gasteiger partial charge < -0.3 is 4.74 Å². The second-order valence-corrected chi connectivity index (χ2v) is 5.62. The van der Waals surface area contributed by atoms with Crippen LogP contribution in [0.4, 0.5) is 0 Å². The first-order valence-corrected chi connectivity index (χ1v) is 8.23. The second kappa shape index (κ2) is 9.09. The fourth-order valence-electron chi connectivity index (χ4n) is 2.60. The Kier molecular flexibility index (Phi) is 6.76. The van der Waals surface area contributed by atoms with Crippen LogP contribution in [0.25, 0.3) is 11.6 Å². The third-order valence-corrected chi connectivity index (χ3v) is 3.90. The lowest BCUT2D eigenvalue weighted by Gasteiger charge is -2.09. The van der Waals surface area contributed by atoms with Gasteiger partial charge in [-0.2, -0.15) is 0 Å². The maximum atomic E-state index is 5.23. The zero-order chi connectivity index (χ0) is 15.6. The Hall–Kier alpha value is -2.02. The lowest BCUT2D eigenvalue weighted by atomic mass is 9.97. The predicted octanol–water partition coefficient (Wildman–Crippen LogP) is 6.21. The van der Waals surface area contributed by atoms with E-state index in [1.807, 2.05) is 12.1 Å². The lowest BCUT2D eigenvalue weighted by Crippen LogP contribution is -1.87. The minimum atomic E-state index is 0.904. The molecule has 0 fully saturated rings. The number of rotatable bonds is 8. The summed E-state index contributed by atoms with van der Waals surface area (Å²) in [5.74, 6) is 0.904. The summed E-state index contributed by atoms with van der Waals surface area (Å²) in [6, 6.07) is 19.0. The van der Waals surface area contributed by atoms with E-state index in [0.717, 1.165) is 12.2 Å². The maximum Gasteiger partial charge on any atom is 0.118 e. The summed E-state index contributed by atoms with van der Waals surface area (Å²) in [5.41, 5.74) is 3.98. The molecule has 2 aromatic rings. The molecular formula is C21H26O. The molecule has 116 valence electrons. The van der Waals surface area contributed by atoms with Gasteiger partial charge in [0, 0.05) is 0 Å². The first-order valence-electron chi connectivity index (χ1n) is 8.23. The van der Waals surface area contributed by atoms with Gasteiger partial charge >= 0.3 is 0 Å². The highest BCUT2D eigenvalue weighted by Crippen LogP contribution is 2.25. The van der Waals surface area contributed by atoms with Crippen molar-refractivity contribution in [2.75, 3.05) is 7.11 Å². The molecule has 0 atom stereocenters. The molecule has 2 rings (SSSR count). The first kappa shape index (κ1) is 16.4. The van der Waals surface area contributed by atoms with E-state index < -0.39 is 0 Å². The van der Waals surface area contributed by atoms with E-state index in [2.05, 4.69) is 55.5 Å². The molecule has 0 amide bonds. The summed E-state index contributed by atoms with van der Waals surface area (Å²) in [6.45, 7) is 2.26. The van der Waals surface area contributed by atoms with Crippen LogP contribution in [0, 0.1) is 0 Å². The molecule has 0 aliphatic rings. The van der Waals surface area contributed by atoms with E-state index in [4.69, 9.17) is 4.74 Å². The van der Waals surface area contributed by atoms with Crippen LogP contribution in [0.3, 0.4) is 0 Å². The number of hydrogen-bond donors (Lipinski definition) is 0. The molecule has 1 nitrogen and oxygen atoms in total. The molecular weight excluding hydrogens is 268 g/mol. The molecule has 1 heteroatoms. The average Bonchev–Trinajstić information content (AvgIpc) is 2.59. The number of methoxy groups -OCH3 is 1. The molecule has 0 saturated heterocycles. The largest absolute Gasteiger partial charge is 0.497 e. The highest BCUT2D eigenvalue weighted by molar-refractivity contribution is 5.81. The highest BCUT2D eigenvalue weighted by atomic mass is 16.5. The molecule has 0 heterocycles. The lowest BCUT2D eigenvalue weighted by molar-refractivity contribution is 0.415. The molecule has 2 aromatic carbocycles. The van der Waals surface area contributed by atoms with Crippen molar-refractivity contribution < 1.29 is 4.74 Å². The van der Waals surface area contributed by atoms with Crippen molar-refractivity contribution in [2.24, 2.45) is 0 Å². The summed E-state index contributed by atoms with van der Waals surface area (Å²) in [6.07, 6.45) is 8.61. The molecule has 0 aromatic heterocycles. The normalized spacial score (nSPS) is 11.5. The van der Waals surface area contributed by atoms with Gasteiger partial charge in [-0.3, -0.25) is 0 Å². The Morgan fingerprint density at radius 3 is 2.27 bits per heavy atom. The summed E-state index contributed by atoms with van der Waals surface area (Å²) >= 11 is 0. The van der Waals surface area contributed by atoms with Crippen LogP contribution in [0.2, 0.25) is 0 Å². The van der Waals surface area contributed by atoms with Crippen LogP contribution in [-0.4, -0.2) is 7.11 Å². The third-order valence-electron chi connectivity index (χ3n) is 3.90. The minimum absolute atomic E-state index is 0.904. The zero-order valence-corrected chi connectivity index (χ0v) is 13.7. The summed E-state index contributed by atoms with van der Waals surface area (Å²) < 4.78 is 5.23. The smallest absolute Gasteiger partial charge is 0.118 e. The Morgan fingerprint density at radius 1 is 0.909 bits per heavy atom. The van der Waals surface area contributed by atoms with Gasteiger partial charge in [0.25, 0.3) is 0 Å². The van der Waals surface area contributed by atoms with E-state index in [9.17, 15) is 0 Å². The number of hydrogen-bond acceptors (Lipinski definition) is 1. The molecule has 0 aliphatic carbocycles. The average molecular weight is 294 g/mol. The number of ether oxygens (including phenoxy) is 1. The fraction of sp³-hybridized carbons (Fsp3) is 0.333. The zero-order valence-electron chi connectivity index (χ0n) is 13.7. The van der Waals surface area contributed by atoms with E-state index >= 15 is 0 Å².